The summed E-state index contributed by atoms with van der Waals surface area (Å²) in [7, 11) is 0. The molecule has 1 unspecified atom stereocenters. The third-order valence-corrected chi connectivity index (χ3v) is 2.77. The molecule has 4 nitrogen and oxygen atoms in total. The molecule has 2 aromatic rings. The van der Waals surface area contributed by atoms with Gasteiger partial charge in [0.05, 0.1) is 19.3 Å². The molecule has 0 saturated carbocycles. The Morgan fingerprint density at radius 2 is 2.05 bits per heavy atom. The Morgan fingerprint density at radius 3 is 2.74 bits per heavy atom. The largest absolute Gasteiger partial charge is 0.394 e. The maximum Gasteiger partial charge on any atom is 0.159 e. The zero-order valence-corrected chi connectivity index (χ0v) is 10.1. The molecule has 1 aromatic carbocycles. The molecule has 1 aromatic heterocycles. The van der Waals surface area contributed by atoms with Crippen molar-refractivity contribution in [2.24, 2.45) is 0 Å². The van der Waals surface area contributed by atoms with Gasteiger partial charge in [0.1, 0.15) is 5.82 Å². The number of imidazole rings is 1. The fraction of sp³-hybridized carbons (Fsp3) is 0.308. The fourth-order valence-electron chi connectivity index (χ4n) is 1.79. The van der Waals surface area contributed by atoms with Crippen molar-refractivity contribution >= 4 is 0 Å². The molecule has 2 N–H and O–H groups in total. The second kappa shape index (κ2) is 5.90. The van der Waals surface area contributed by atoms with Crippen molar-refractivity contribution in [2.45, 2.75) is 19.1 Å². The zero-order valence-electron chi connectivity index (χ0n) is 10.1. The Hall–Kier alpha value is -1.79. The van der Waals surface area contributed by atoms with Crippen molar-refractivity contribution in [2.75, 3.05) is 6.61 Å². The number of hydrogen-bond acceptors (Lipinski definition) is 3. The van der Waals surface area contributed by atoms with E-state index in [0.29, 0.717) is 17.8 Å². The van der Waals surface area contributed by atoms with Gasteiger partial charge in [-0.15, -0.1) is 0 Å². The van der Waals surface area contributed by atoms with Gasteiger partial charge in [0, 0.05) is 18.8 Å². The van der Waals surface area contributed by atoms with Gasteiger partial charge >= 0.3 is 0 Å². The summed E-state index contributed by atoms with van der Waals surface area (Å²) in [6.07, 6.45) is 2.66. The third kappa shape index (κ3) is 3.36. The number of nitrogens with zero attached hydrogens (tertiary/aromatic N) is 2. The minimum absolute atomic E-state index is 0.204. The van der Waals surface area contributed by atoms with E-state index in [0.717, 1.165) is 12.1 Å². The van der Waals surface area contributed by atoms with Gasteiger partial charge in [-0.3, -0.25) is 0 Å². The summed E-state index contributed by atoms with van der Waals surface area (Å²) in [5.41, 5.74) is 0.588. The van der Waals surface area contributed by atoms with E-state index in [1.54, 1.807) is 17.0 Å². The Kier molecular flexibility index (Phi) is 4.24. The highest BCUT2D eigenvalue weighted by molar-refractivity contribution is 5.21. The van der Waals surface area contributed by atoms with Crippen molar-refractivity contribution in [3.8, 4) is 0 Å². The van der Waals surface area contributed by atoms with E-state index in [4.69, 9.17) is 5.11 Å². The predicted molar refractivity (Wildman–Crippen MR) is 64.5 cm³/mol. The summed E-state index contributed by atoms with van der Waals surface area (Å²) in [6.45, 7) is -0.141. The second-order valence-corrected chi connectivity index (χ2v) is 4.26. The molecule has 102 valence electrons. The standard InChI is InChI=1S/C13H14F2N2O2/c14-11-2-1-9(5-12(11)15)6-13-16-3-4-17(13)7-10(19)8-18/h1-5,10,18-19H,6-8H2. The van der Waals surface area contributed by atoms with E-state index >= 15 is 0 Å². The molecule has 1 heterocycles. The number of benzene rings is 1. The minimum Gasteiger partial charge on any atom is -0.394 e. The molecule has 0 aliphatic rings. The molecule has 6 heteroatoms. The van der Waals surface area contributed by atoms with Crippen molar-refractivity contribution < 1.29 is 19.0 Å². The maximum absolute atomic E-state index is 13.1. The van der Waals surface area contributed by atoms with Crippen molar-refractivity contribution in [1.82, 2.24) is 9.55 Å². The number of aromatic nitrogens is 2. The molecule has 0 radical (unpaired) electrons. The van der Waals surface area contributed by atoms with Crippen LogP contribution in [-0.4, -0.2) is 32.5 Å². The monoisotopic (exact) mass is 268 g/mol. The second-order valence-electron chi connectivity index (χ2n) is 4.26. The fourth-order valence-corrected chi connectivity index (χ4v) is 1.79. The highest BCUT2D eigenvalue weighted by Gasteiger charge is 2.10. The van der Waals surface area contributed by atoms with E-state index in [1.807, 2.05) is 0 Å². The van der Waals surface area contributed by atoms with E-state index in [9.17, 15) is 13.9 Å². The molecule has 0 amide bonds. The first kappa shape index (κ1) is 13.6. The zero-order chi connectivity index (χ0) is 13.8. The number of aliphatic hydroxyl groups is 2. The lowest BCUT2D eigenvalue weighted by Crippen LogP contribution is -2.20. The lowest BCUT2D eigenvalue weighted by Gasteiger charge is -2.11. The summed E-state index contributed by atoms with van der Waals surface area (Å²) in [5.74, 6) is -1.17. The molecule has 2 rings (SSSR count). The predicted octanol–water partition coefficient (Wildman–Crippen LogP) is 1.11. The lowest BCUT2D eigenvalue weighted by atomic mass is 10.1. The number of hydrogen-bond donors (Lipinski definition) is 2. The Bertz CT molecular complexity index is 557. The first-order valence-corrected chi connectivity index (χ1v) is 5.83. The molecule has 1 atom stereocenters. The lowest BCUT2D eigenvalue weighted by molar-refractivity contribution is 0.0806. The summed E-state index contributed by atoms with van der Waals surface area (Å²) in [5, 5.41) is 18.2. The normalized spacial score (nSPS) is 12.6. The van der Waals surface area contributed by atoms with Gasteiger partial charge in [-0.1, -0.05) is 6.07 Å². The van der Waals surface area contributed by atoms with Crippen molar-refractivity contribution in [3.05, 3.63) is 53.6 Å². The van der Waals surface area contributed by atoms with Crippen LogP contribution in [-0.2, 0) is 13.0 Å². The van der Waals surface area contributed by atoms with Crippen LogP contribution in [0, 0.1) is 11.6 Å². The van der Waals surface area contributed by atoms with E-state index in [2.05, 4.69) is 4.98 Å². The number of rotatable bonds is 5. The molecule has 0 bridgehead atoms. The Labute approximate surface area is 109 Å². The SMILES string of the molecule is OCC(O)Cn1ccnc1Cc1ccc(F)c(F)c1. The van der Waals surface area contributed by atoms with Gasteiger partial charge in [0.2, 0.25) is 0 Å². The van der Waals surface area contributed by atoms with Crippen LogP contribution in [0.5, 0.6) is 0 Å². The smallest absolute Gasteiger partial charge is 0.159 e. The molecule has 19 heavy (non-hydrogen) atoms. The first-order valence-electron chi connectivity index (χ1n) is 5.83. The first-order chi connectivity index (χ1) is 9.10. The third-order valence-electron chi connectivity index (χ3n) is 2.77. The van der Waals surface area contributed by atoms with E-state index < -0.39 is 17.7 Å². The van der Waals surface area contributed by atoms with Crippen LogP contribution in [0.15, 0.2) is 30.6 Å². The Morgan fingerprint density at radius 1 is 1.26 bits per heavy atom. The van der Waals surface area contributed by atoms with E-state index in [-0.39, 0.29) is 13.2 Å². The highest BCUT2D eigenvalue weighted by Crippen LogP contribution is 2.13. The summed E-state index contributed by atoms with van der Waals surface area (Å²) >= 11 is 0. The van der Waals surface area contributed by atoms with Crippen LogP contribution >= 0.6 is 0 Å². The molecular weight excluding hydrogens is 254 g/mol. The number of aliphatic hydroxyl groups excluding tert-OH is 2. The molecule has 0 spiro atoms. The van der Waals surface area contributed by atoms with E-state index in [1.165, 1.54) is 6.07 Å². The van der Waals surface area contributed by atoms with Crippen LogP contribution in [0.25, 0.3) is 0 Å². The average molecular weight is 268 g/mol. The molecular formula is C13H14F2N2O2. The summed E-state index contributed by atoms with van der Waals surface area (Å²) < 4.78 is 27.6. The summed E-state index contributed by atoms with van der Waals surface area (Å²) in [4.78, 5) is 4.10. The molecule has 0 aliphatic heterocycles. The van der Waals surface area contributed by atoms with Gasteiger partial charge in [0.25, 0.3) is 0 Å². The van der Waals surface area contributed by atoms with Crippen LogP contribution < -0.4 is 0 Å². The number of halogens is 2. The van der Waals surface area contributed by atoms with Crippen LogP contribution in [0.2, 0.25) is 0 Å². The average Bonchev–Trinajstić information content (AvgIpc) is 2.81. The van der Waals surface area contributed by atoms with Crippen LogP contribution in [0.3, 0.4) is 0 Å². The van der Waals surface area contributed by atoms with Gasteiger partial charge in [0.15, 0.2) is 11.6 Å². The highest BCUT2D eigenvalue weighted by atomic mass is 19.2. The van der Waals surface area contributed by atoms with Gasteiger partial charge in [-0.2, -0.15) is 0 Å². The Balaban J connectivity index is 2.14. The molecule has 0 aliphatic carbocycles. The topological polar surface area (TPSA) is 58.3 Å². The van der Waals surface area contributed by atoms with Crippen molar-refractivity contribution in [1.29, 1.82) is 0 Å². The maximum atomic E-state index is 13.1. The van der Waals surface area contributed by atoms with Gasteiger partial charge in [-0.25, -0.2) is 13.8 Å². The van der Waals surface area contributed by atoms with Gasteiger partial charge in [-0.05, 0) is 17.7 Å². The van der Waals surface area contributed by atoms with Crippen LogP contribution in [0.1, 0.15) is 11.4 Å². The summed E-state index contributed by atoms with van der Waals surface area (Å²) in [6, 6.07) is 3.68. The molecule has 0 saturated heterocycles. The van der Waals surface area contributed by atoms with Gasteiger partial charge < -0.3 is 14.8 Å². The van der Waals surface area contributed by atoms with Crippen LogP contribution in [0.4, 0.5) is 8.78 Å². The molecule has 0 fully saturated rings. The minimum atomic E-state index is -0.897. The van der Waals surface area contributed by atoms with Crippen molar-refractivity contribution in [3.63, 3.8) is 0 Å². The quantitative estimate of drug-likeness (QED) is 0.854.